The van der Waals surface area contributed by atoms with Crippen LogP contribution in [0.1, 0.15) is 58.5 Å². The predicted molar refractivity (Wildman–Crippen MR) is 127 cm³/mol. The van der Waals surface area contributed by atoms with Crippen LogP contribution in [0.4, 0.5) is 5.69 Å². The number of pyridine rings is 1. The van der Waals surface area contributed by atoms with Crippen molar-refractivity contribution in [1.82, 2.24) is 24.8 Å². The lowest BCUT2D eigenvalue weighted by Crippen LogP contribution is -2.51. The topological polar surface area (TPSA) is 91.6 Å². The first-order valence-electron chi connectivity index (χ1n) is 10.9. The van der Waals surface area contributed by atoms with Crippen LogP contribution in [-0.2, 0) is 0 Å². The van der Waals surface area contributed by atoms with Gasteiger partial charge in [-0.2, -0.15) is 5.10 Å². The number of halogens is 1. The normalized spacial score (nSPS) is 17.6. The summed E-state index contributed by atoms with van der Waals surface area (Å²) < 4.78 is 2.55. The fraction of sp³-hybridized carbons (Fsp3) is 0.455. The Labute approximate surface area is 198 Å². The van der Waals surface area contributed by atoms with E-state index in [0.29, 0.717) is 34.6 Å². The van der Waals surface area contributed by atoms with Gasteiger partial charge in [0.1, 0.15) is 4.83 Å². The minimum atomic E-state index is -0.281. The van der Waals surface area contributed by atoms with Gasteiger partial charge in [-0.05, 0) is 67.6 Å². The summed E-state index contributed by atoms with van der Waals surface area (Å²) >= 11 is 4.85. The highest BCUT2D eigenvalue weighted by atomic mass is 79.9. The van der Waals surface area contributed by atoms with Crippen LogP contribution in [0.15, 0.2) is 28.4 Å². The maximum Gasteiger partial charge on any atom is 0.260 e. The average molecular weight is 517 g/mol. The fourth-order valence-corrected chi connectivity index (χ4v) is 6.23. The molecule has 0 unspecified atom stereocenters. The number of likely N-dealkylation sites (tertiary alicyclic amines) is 1. The Morgan fingerprint density at radius 3 is 2.81 bits per heavy atom. The van der Waals surface area contributed by atoms with Crippen LogP contribution in [0.25, 0.3) is 4.83 Å². The van der Waals surface area contributed by atoms with Crippen molar-refractivity contribution < 1.29 is 9.59 Å². The summed E-state index contributed by atoms with van der Waals surface area (Å²) in [6.07, 6.45) is 11.3. The predicted octanol–water partition coefficient (Wildman–Crippen LogP) is 3.86. The summed E-state index contributed by atoms with van der Waals surface area (Å²) in [5.74, 6) is -0.457. The number of nitrogens with one attached hydrogen (secondary N) is 2. The molecule has 32 heavy (non-hydrogen) atoms. The first-order valence-corrected chi connectivity index (χ1v) is 12.5. The molecule has 0 atom stereocenters. The summed E-state index contributed by atoms with van der Waals surface area (Å²) in [7, 11) is 0. The van der Waals surface area contributed by atoms with Crippen molar-refractivity contribution in [3.05, 3.63) is 45.3 Å². The van der Waals surface area contributed by atoms with E-state index in [1.165, 1.54) is 43.4 Å². The van der Waals surface area contributed by atoms with Crippen LogP contribution >= 0.6 is 27.3 Å². The Balaban J connectivity index is 1.23. The molecule has 10 heteroatoms. The van der Waals surface area contributed by atoms with Crippen molar-refractivity contribution in [2.45, 2.75) is 44.6 Å². The third-order valence-electron chi connectivity index (χ3n) is 6.70. The van der Waals surface area contributed by atoms with Gasteiger partial charge in [0.2, 0.25) is 0 Å². The highest BCUT2D eigenvalue weighted by Gasteiger charge is 2.44. The van der Waals surface area contributed by atoms with E-state index in [9.17, 15) is 9.59 Å². The number of carbonyl (C=O) groups is 2. The van der Waals surface area contributed by atoms with Crippen LogP contribution in [0.5, 0.6) is 0 Å². The molecule has 5 rings (SSSR count). The van der Waals surface area contributed by atoms with Gasteiger partial charge in [0.25, 0.3) is 11.8 Å². The standard InChI is InChI=1S/C22H25BrN6O2S/c1-14-17(27-20(31)16-12-26-29-13-18(23)32-21(16)29)10-15(11-25-14)19(30)24-7-9-28-8-3-6-22(28)4-2-5-22/h10-13H,2-9H2,1H3,(H,24,30)(H,27,31). The van der Waals surface area contributed by atoms with Crippen molar-refractivity contribution in [2.75, 3.05) is 25.0 Å². The number of hydrogen-bond acceptors (Lipinski definition) is 6. The number of thiazole rings is 1. The van der Waals surface area contributed by atoms with Crippen LogP contribution in [0.3, 0.4) is 0 Å². The van der Waals surface area contributed by atoms with E-state index in [0.717, 1.165) is 21.7 Å². The van der Waals surface area contributed by atoms with Gasteiger partial charge in [-0.3, -0.25) is 19.5 Å². The molecule has 2 N–H and O–H groups in total. The highest BCUT2D eigenvalue weighted by Crippen LogP contribution is 2.45. The summed E-state index contributed by atoms with van der Waals surface area (Å²) in [4.78, 5) is 33.2. The molecule has 1 saturated carbocycles. The largest absolute Gasteiger partial charge is 0.351 e. The van der Waals surface area contributed by atoms with Gasteiger partial charge < -0.3 is 10.6 Å². The number of anilines is 1. The summed E-state index contributed by atoms with van der Waals surface area (Å²) in [5.41, 5.74) is 2.49. The molecular formula is C22H25BrN6O2S. The minimum absolute atomic E-state index is 0.176. The number of rotatable bonds is 6. The Morgan fingerprint density at radius 1 is 1.22 bits per heavy atom. The van der Waals surface area contributed by atoms with Gasteiger partial charge in [-0.1, -0.05) is 0 Å². The van der Waals surface area contributed by atoms with Crippen molar-refractivity contribution >= 4 is 49.6 Å². The number of fused-ring (bicyclic) bond motifs is 1. The molecule has 2 aliphatic rings. The summed E-state index contributed by atoms with van der Waals surface area (Å²) in [5, 5.41) is 10.1. The zero-order valence-corrected chi connectivity index (χ0v) is 20.3. The maximum atomic E-state index is 12.8. The molecular weight excluding hydrogens is 492 g/mol. The molecule has 0 radical (unpaired) electrons. The quantitative estimate of drug-likeness (QED) is 0.518. The fourth-order valence-electron chi connectivity index (χ4n) is 4.79. The molecule has 1 saturated heterocycles. The van der Waals surface area contributed by atoms with E-state index < -0.39 is 0 Å². The summed E-state index contributed by atoms with van der Waals surface area (Å²) in [6.45, 7) is 4.42. The molecule has 2 amide bonds. The van der Waals surface area contributed by atoms with Crippen LogP contribution < -0.4 is 10.6 Å². The summed E-state index contributed by atoms with van der Waals surface area (Å²) in [6, 6.07) is 1.68. The zero-order chi connectivity index (χ0) is 22.3. The molecule has 0 bridgehead atoms. The number of nitrogens with zero attached hydrogens (tertiary/aromatic N) is 4. The third kappa shape index (κ3) is 3.95. The monoisotopic (exact) mass is 516 g/mol. The number of aryl methyl sites for hydroxylation is 1. The Morgan fingerprint density at radius 2 is 2.03 bits per heavy atom. The SMILES string of the molecule is Cc1ncc(C(=O)NCCN2CCCC23CCC3)cc1NC(=O)c1cnn2cc(Br)sc12. The van der Waals surface area contributed by atoms with E-state index in [2.05, 4.69) is 41.5 Å². The van der Waals surface area contributed by atoms with E-state index in [-0.39, 0.29) is 11.8 Å². The van der Waals surface area contributed by atoms with Crippen molar-refractivity contribution in [1.29, 1.82) is 0 Å². The maximum absolute atomic E-state index is 12.8. The van der Waals surface area contributed by atoms with Gasteiger partial charge in [-0.25, -0.2) is 4.52 Å². The molecule has 8 nitrogen and oxygen atoms in total. The van der Waals surface area contributed by atoms with E-state index in [4.69, 9.17) is 0 Å². The molecule has 1 aliphatic carbocycles. The van der Waals surface area contributed by atoms with E-state index >= 15 is 0 Å². The number of amides is 2. The highest BCUT2D eigenvalue weighted by molar-refractivity contribution is 9.11. The number of carbonyl (C=O) groups excluding carboxylic acids is 2. The van der Waals surface area contributed by atoms with Crippen molar-refractivity contribution in [2.24, 2.45) is 0 Å². The molecule has 1 spiro atoms. The third-order valence-corrected chi connectivity index (χ3v) is 8.29. The zero-order valence-electron chi connectivity index (χ0n) is 17.9. The lowest BCUT2D eigenvalue weighted by atomic mass is 9.75. The smallest absolute Gasteiger partial charge is 0.260 e. The molecule has 2 fully saturated rings. The Kier molecular flexibility index (Phi) is 5.77. The second-order valence-corrected chi connectivity index (χ2v) is 11.0. The second kappa shape index (κ2) is 8.57. The van der Waals surface area contributed by atoms with Crippen LogP contribution in [-0.4, -0.2) is 56.5 Å². The van der Waals surface area contributed by atoms with Gasteiger partial charge in [0.15, 0.2) is 0 Å². The molecule has 168 valence electrons. The van der Waals surface area contributed by atoms with E-state index in [1.54, 1.807) is 29.9 Å². The molecule has 1 aliphatic heterocycles. The Hall–Kier alpha value is -2.30. The van der Waals surface area contributed by atoms with Crippen molar-refractivity contribution in [3.63, 3.8) is 0 Å². The lowest BCUT2D eigenvalue weighted by molar-refractivity contribution is 0.0561. The second-order valence-electron chi connectivity index (χ2n) is 8.58. The van der Waals surface area contributed by atoms with Gasteiger partial charge in [0.05, 0.1) is 38.7 Å². The minimum Gasteiger partial charge on any atom is -0.351 e. The van der Waals surface area contributed by atoms with E-state index in [1.807, 2.05) is 6.20 Å². The van der Waals surface area contributed by atoms with Crippen molar-refractivity contribution in [3.8, 4) is 0 Å². The molecule has 4 heterocycles. The lowest BCUT2D eigenvalue weighted by Gasteiger charge is -2.46. The number of aromatic nitrogens is 3. The molecule has 0 aromatic carbocycles. The van der Waals surface area contributed by atoms with Gasteiger partial charge >= 0.3 is 0 Å². The first kappa shape index (κ1) is 21.5. The molecule has 3 aromatic rings. The van der Waals surface area contributed by atoms with Gasteiger partial charge in [0, 0.05) is 24.8 Å². The average Bonchev–Trinajstić information content (AvgIpc) is 3.42. The van der Waals surface area contributed by atoms with Gasteiger partial charge in [-0.15, -0.1) is 11.3 Å². The first-order chi connectivity index (χ1) is 15.4. The number of hydrogen-bond donors (Lipinski definition) is 2. The van der Waals surface area contributed by atoms with Crippen LogP contribution in [0.2, 0.25) is 0 Å². The molecule has 3 aromatic heterocycles. The Bertz CT molecular complexity index is 1180. The van der Waals surface area contributed by atoms with Crippen LogP contribution in [0, 0.1) is 6.92 Å².